The monoisotopic (exact) mass is 271 g/mol. The molecule has 0 bridgehead atoms. The topological polar surface area (TPSA) is 62.1 Å². The number of hydrogen-bond donors (Lipinski definition) is 2. The van der Waals surface area contributed by atoms with Crippen molar-refractivity contribution in [3.05, 3.63) is 30.0 Å². The molecule has 1 saturated carbocycles. The van der Waals surface area contributed by atoms with Crippen LogP contribution in [-0.2, 0) is 0 Å². The summed E-state index contributed by atoms with van der Waals surface area (Å²) < 4.78 is 0. The predicted octanol–water partition coefficient (Wildman–Crippen LogP) is 3.15. The summed E-state index contributed by atoms with van der Waals surface area (Å²) in [4.78, 5) is 17.9. The fourth-order valence-electron chi connectivity index (χ4n) is 3.23. The molecule has 4 nitrogen and oxygen atoms in total. The van der Waals surface area contributed by atoms with E-state index >= 15 is 0 Å². The number of nitrogen functional groups attached to an aromatic ring is 1. The molecule has 2 aromatic rings. The lowest BCUT2D eigenvalue weighted by Gasteiger charge is -2.27. The molecule has 0 spiro atoms. The maximum Gasteiger partial charge on any atom is 0.270 e. The summed E-state index contributed by atoms with van der Waals surface area (Å²) in [7, 11) is 0. The first-order chi connectivity index (χ1) is 9.70. The number of H-pyrrole nitrogens is 1. The number of rotatable bonds is 3. The maximum absolute atomic E-state index is 12.7. The van der Waals surface area contributed by atoms with Crippen molar-refractivity contribution in [2.75, 3.05) is 12.3 Å². The maximum atomic E-state index is 12.7. The van der Waals surface area contributed by atoms with E-state index in [1.807, 2.05) is 36.1 Å². The Bertz CT molecular complexity index is 626. The summed E-state index contributed by atoms with van der Waals surface area (Å²) in [5, 5.41) is 0.996. The minimum atomic E-state index is 0.0926. The first-order valence-electron chi connectivity index (χ1n) is 7.39. The van der Waals surface area contributed by atoms with Gasteiger partial charge in [-0.2, -0.15) is 0 Å². The van der Waals surface area contributed by atoms with Crippen LogP contribution in [0.4, 0.5) is 5.69 Å². The molecule has 0 radical (unpaired) electrons. The number of anilines is 1. The van der Waals surface area contributed by atoms with Gasteiger partial charge < -0.3 is 15.6 Å². The molecule has 1 aromatic heterocycles. The van der Waals surface area contributed by atoms with Gasteiger partial charge in [-0.1, -0.05) is 25.0 Å². The van der Waals surface area contributed by atoms with Gasteiger partial charge in [-0.05, 0) is 31.9 Å². The molecule has 0 atom stereocenters. The summed E-state index contributed by atoms with van der Waals surface area (Å²) in [5.74, 6) is 0.0926. The second-order valence-electron chi connectivity index (χ2n) is 5.52. The third-order valence-electron chi connectivity index (χ3n) is 4.29. The summed E-state index contributed by atoms with van der Waals surface area (Å²) in [6, 6.07) is 8.04. The summed E-state index contributed by atoms with van der Waals surface area (Å²) in [6.07, 6.45) is 4.71. The number of nitrogens with one attached hydrogen (secondary N) is 1. The van der Waals surface area contributed by atoms with Gasteiger partial charge >= 0.3 is 0 Å². The molecule has 1 aromatic carbocycles. The molecule has 1 fully saturated rings. The molecule has 1 heterocycles. The van der Waals surface area contributed by atoms with Crippen molar-refractivity contribution >= 4 is 22.5 Å². The second kappa shape index (κ2) is 5.19. The van der Waals surface area contributed by atoms with Gasteiger partial charge in [0, 0.05) is 18.0 Å². The minimum Gasteiger partial charge on any atom is -0.397 e. The lowest BCUT2D eigenvalue weighted by molar-refractivity contribution is 0.0688. The number of nitrogens with two attached hydrogens (primary N) is 1. The Kier molecular flexibility index (Phi) is 3.38. The number of amides is 1. The van der Waals surface area contributed by atoms with Crippen molar-refractivity contribution in [3.8, 4) is 0 Å². The van der Waals surface area contributed by atoms with Crippen molar-refractivity contribution < 1.29 is 4.79 Å². The van der Waals surface area contributed by atoms with E-state index in [9.17, 15) is 4.79 Å². The fraction of sp³-hybridized carbons (Fsp3) is 0.438. The van der Waals surface area contributed by atoms with E-state index in [0.717, 1.165) is 30.3 Å². The lowest BCUT2D eigenvalue weighted by atomic mass is 10.2. The lowest BCUT2D eigenvalue weighted by Crippen LogP contribution is -2.38. The van der Waals surface area contributed by atoms with Gasteiger partial charge in [-0.25, -0.2) is 0 Å². The number of carbonyl (C=O) groups is 1. The Morgan fingerprint density at radius 1 is 1.40 bits per heavy atom. The van der Waals surface area contributed by atoms with Crippen LogP contribution in [0.2, 0.25) is 0 Å². The highest BCUT2D eigenvalue weighted by atomic mass is 16.2. The molecule has 3 N–H and O–H groups in total. The van der Waals surface area contributed by atoms with Crippen LogP contribution in [0.25, 0.3) is 10.9 Å². The van der Waals surface area contributed by atoms with E-state index in [2.05, 4.69) is 4.98 Å². The van der Waals surface area contributed by atoms with Gasteiger partial charge in [0.05, 0.1) is 11.2 Å². The van der Waals surface area contributed by atoms with Crippen LogP contribution in [-0.4, -0.2) is 28.4 Å². The average Bonchev–Trinajstić information content (AvgIpc) is 3.08. The highest BCUT2D eigenvalue weighted by Gasteiger charge is 2.27. The number of benzene rings is 1. The summed E-state index contributed by atoms with van der Waals surface area (Å²) in [5.41, 5.74) is 8.13. The Morgan fingerprint density at radius 3 is 2.80 bits per heavy atom. The van der Waals surface area contributed by atoms with E-state index in [1.165, 1.54) is 12.8 Å². The van der Waals surface area contributed by atoms with Crippen molar-refractivity contribution in [1.29, 1.82) is 0 Å². The molecule has 1 amide bonds. The third kappa shape index (κ3) is 2.15. The van der Waals surface area contributed by atoms with Crippen molar-refractivity contribution in [2.45, 2.75) is 38.6 Å². The Labute approximate surface area is 118 Å². The minimum absolute atomic E-state index is 0.0926. The smallest absolute Gasteiger partial charge is 0.270 e. The zero-order chi connectivity index (χ0) is 14.1. The molecule has 20 heavy (non-hydrogen) atoms. The summed E-state index contributed by atoms with van der Waals surface area (Å²) in [6.45, 7) is 2.81. The number of fused-ring (bicyclic) bond motifs is 1. The normalized spacial score (nSPS) is 15.8. The van der Waals surface area contributed by atoms with Crippen LogP contribution in [0.3, 0.4) is 0 Å². The largest absolute Gasteiger partial charge is 0.397 e. The van der Waals surface area contributed by atoms with Crippen molar-refractivity contribution in [1.82, 2.24) is 9.88 Å². The van der Waals surface area contributed by atoms with Gasteiger partial charge in [-0.15, -0.1) is 0 Å². The van der Waals surface area contributed by atoms with Gasteiger partial charge in [0.25, 0.3) is 5.91 Å². The molecule has 4 heteroatoms. The van der Waals surface area contributed by atoms with E-state index in [-0.39, 0.29) is 5.91 Å². The van der Waals surface area contributed by atoms with E-state index in [4.69, 9.17) is 5.73 Å². The van der Waals surface area contributed by atoms with Crippen molar-refractivity contribution in [2.24, 2.45) is 0 Å². The van der Waals surface area contributed by atoms with Crippen LogP contribution in [0.15, 0.2) is 24.3 Å². The molecular formula is C16H21N3O. The molecule has 106 valence electrons. The highest BCUT2D eigenvalue weighted by molar-refractivity contribution is 6.00. The quantitative estimate of drug-likeness (QED) is 0.842. The van der Waals surface area contributed by atoms with Crippen LogP contribution in [0.1, 0.15) is 43.1 Å². The Hall–Kier alpha value is -1.97. The molecule has 1 aliphatic rings. The summed E-state index contributed by atoms with van der Waals surface area (Å²) >= 11 is 0. The first kappa shape index (κ1) is 13.0. The van der Waals surface area contributed by atoms with Gasteiger partial charge in [0.15, 0.2) is 0 Å². The number of para-hydroxylation sites is 1. The Morgan fingerprint density at radius 2 is 2.15 bits per heavy atom. The van der Waals surface area contributed by atoms with Crippen LogP contribution in [0, 0.1) is 0 Å². The molecule has 1 aliphatic carbocycles. The zero-order valence-electron chi connectivity index (χ0n) is 11.9. The van der Waals surface area contributed by atoms with E-state index in [1.54, 1.807) is 0 Å². The molecule has 0 saturated heterocycles. The first-order valence-corrected chi connectivity index (χ1v) is 7.39. The number of carbonyl (C=O) groups excluding carboxylic acids is 1. The molecule has 0 unspecified atom stereocenters. The standard InChI is InChI=1S/C16H21N3O/c1-2-19(12-7-3-4-8-12)16(20)14-10-11-6-5-9-13(17)15(11)18-14/h5-6,9-10,12,18H,2-4,7-8,17H2,1H3. The average molecular weight is 271 g/mol. The molecule has 0 aliphatic heterocycles. The second-order valence-corrected chi connectivity index (χ2v) is 5.52. The highest BCUT2D eigenvalue weighted by Crippen LogP contribution is 2.26. The van der Waals surface area contributed by atoms with E-state index < -0.39 is 0 Å². The van der Waals surface area contributed by atoms with E-state index in [0.29, 0.717) is 17.4 Å². The number of nitrogens with zero attached hydrogens (tertiary/aromatic N) is 1. The van der Waals surface area contributed by atoms with Crippen LogP contribution in [0.5, 0.6) is 0 Å². The van der Waals surface area contributed by atoms with Crippen LogP contribution >= 0.6 is 0 Å². The number of hydrogen-bond acceptors (Lipinski definition) is 2. The van der Waals surface area contributed by atoms with Crippen LogP contribution < -0.4 is 5.73 Å². The third-order valence-corrected chi connectivity index (χ3v) is 4.29. The number of aromatic nitrogens is 1. The zero-order valence-corrected chi connectivity index (χ0v) is 11.9. The molecular weight excluding hydrogens is 250 g/mol. The van der Waals surface area contributed by atoms with Gasteiger partial charge in [0.1, 0.15) is 5.69 Å². The van der Waals surface area contributed by atoms with Crippen molar-refractivity contribution in [3.63, 3.8) is 0 Å². The fourth-order valence-corrected chi connectivity index (χ4v) is 3.23. The Balaban J connectivity index is 1.92. The SMILES string of the molecule is CCN(C(=O)c1cc2cccc(N)c2[nH]1)C1CCCC1. The number of aromatic amines is 1. The molecule has 3 rings (SSSR count). The van der Waals surface area contributed by atoms with Gasteiger partial charge in [-0.3, -0.25) is 4.79 Å². The predicted molar refractivity (Wildman–Crippen MR) is 81.7 cm³/mol. The van der Waals surface area contributed by atoms with Gasteiger partial charge in [0.2, 0.25) is 0 Å².